The molecule has 0 fully saturated rings. The van der Waals surface area contributed by atoms with Gasteiger partial charge in [0.2, 0.25) is 5.88 Å². The highest BCUT2D eigenvalue weighted by Crippen LogP contribution is 2.36. The molecule has 0 atom stereocenters. The van der Waals surface area contributed by atoms with Crippen molar-refractivity contribution in [1.82, 2.24) is 14.8 Å². The van der Waals surface area contributed by atoms with Crippen LogP contribution >= 0.6 is 0 Å². The van der Waals surface area contributed by atoms with Crippen molar-refractivity contribution in [3.05, 3.63) is 53.9 Å². The third kappa shape index (κ3) is 3.90. The molecular formula is C21H25N5O3S. The Bertz CT molecular complexity index is 1200. The number of pyridine rings is 1. The number of rotatable bonds is 6. The molecule has 158 valence electrons. The Morgan fingerprint density at radius 3 is 2.73 bits per heavy atom. The number of fused-ring (bicyclic) bond motifs is 1. The van der Waals surface area contributed by atoms with E-state index in [0.29, 0.717) is 5.88 Å². The molecule has 0 amide bonds. The van der Waals surface area contributed by atoms with Gasteiger partial charge < -0.3 is 10.5 Å². The summed E-state index contributed by atoms with van der Waals surface area (Å²) in [5, 5.41) is 9.03. The number of anilines is 1. The lowest BCUT2D eigenvalue weighted by atomic mass is 9.98. The smallest absolute Gasteiger partial charge is 0.257 e. The van der Waals surface area contributed by atoms with Crippen LogP contribution in [0.15, 0.2) is 47.8 Å². The highest BCUT2D eigenvalue weighted by Gasteiger charge is 2.25. The third-order valence-electron chi connectivity index (χ3n) is 5.42. The lowest BCUT2D eigenvalue weighted by Crippen LogP contribution is -2.34. The molecule has 9 heteroatoms. The van der Waals surface area contributed by atoms with Crippen molar-refractivity contribution in [2.75, 3.05) is 12.3 Å². The molecule has 8 nitrogen and oxygen atoms in total. The summed E-state index contributed by atoms with van der Waals surface area (Å²) >= 11 is 0. The molecule has 0 radical (unpaired) electrons. The molecule has 0 spiro atoms. The summed E-state index contributed by atoms with van der Waals surface area (Å²) in [5.41, 5.74) is 11.2. The Balaban J connectivity index is 1.53. The quantitative estimate of drug-likeness (QED) is 0.582. The van der Waals surface area contributed by atoms with Gasteiger partial charge in [-0.15, -0.1) is 0 Å². The van der Waals surface area contributed by atoms with E-state index in [1.54, 1.807) is 12.4 Å². The predicted molar refractivity (Wildman–Crippen MR) is 115 cm³/mol. The minimum atomic E-state index is -3.85. The molecule has 0 saturated heterocycles. The van der Waals surface area contributed by atoms with Gasteiger partial charge in [0.15, 0.2) is 5.03 Å². The van der Waals surface area contributed by atoms with Crippen molar-refractivity contribution in [3.8, 4) is 17.0 Å². The average molecular weight is 428 g/mol. The molecule has 0 bridgehead atoms. The second-order valence-corrected chi connectivity index (χ2v) is 9.65. The Hall–Kier alpha value is -2.91. The Labute approximate surface area is 175 Å². The van der Waals surface area contributed by atoms with Crippen LogP contribution in [0.1, 0.15) is 31.4 Å². The molecule has 2 aromatic heterocycles. The van der Waals surface area contributed by atoms with Crippen LogP contribution in [0.25, 0.3) is 11.1 Å². The number of benzene rings is 1. The zero-order valence-electron chi connectivity index (χ0n) is 17.0. The summed E-state index contributed by atoms with van der Waals surface area (Å²) in [4.78, 5) is 4.30. The third-order valence-corrected chi connectivity index (χ3v) is 6.22. The van der Waals surface area contributed by atoms with Crippen LogP contribution in [0.5, 0.6) is 5.88 Å². The maximum atomic E-state index is 11.5. The van der Waals surface area contributed by atoms with Crippen LogP contribution in [0.3, 0.4) is 0 Å². The van der Waals surface area contributed by atoms with Gasteiger partial charge in [-0.25, -0.2) is 18.5 Å². The molecule has 4 N–H and O–H groups in total. The molecule has 2 heterocycles. The normalized spacial score (nSPS) is 14.0. The summed E-state index contributed by atoms with van der Waals surface area (Å²) < 4.78 is 30.4. The van der Waals surface area contributed by atoms with Gasteiger partial charge in [-0.05, 0) is 61.9 Å². The van der Waals surface area contributed by atoms with Crippen molar-refractivity contribution in [2.24, 2.45) is 5.14 Å². The van der Waals surface area contributed by atoms with Gasteiger partial charge in [0, 0.05) is 29.7 Å². The molecular weight excluding hydrogens is 402 g/mol. The number of nitrogens with zero attached hydrogens (tertiary/aromatic N) is 3. The van der Waals surface area contributed by atoms with Crippen molar-refractivity contribution in [1.29, 1.82) is 0 Å². The molecule has 30 heavy (non-hydrogen) atoms. The van der Waals surface area contributed by atoms with Gasteiger partial charge in [-0.3, -0.25) is 4.68 Å². The highest BCUT2D eigenvalue weighted by molar-refractivity contribution is 7.89. The Morgan fingerprint density at radius 2 is 2.00 bits per heavy atom. The fourth-order valence-corrected chi connectivity index (χ4v) is 4.17. The summed E-state index contributed by atoms with van der Waals surface area (Å²) in [7, 11) is -3.85. The van der Waals surface area contributed by atoms with Gasteiger partial charge in [-0.1, -0.05) is 12.1 Å². The van der Waals surface area contributed by atoms with E-state index in [9.17, 15) is 8.42 Å². The lowest BCUT2D eigenvalue weighted by molar-refractivity contribution is 0.164. The van der Waals surface area contributed by atoms with Gasteiger partial charge in [0.25, 0.3) is 10.0 Å². The first-order valence-electron chi connectivity index (χ1n) is 9.73. The number of hydrogen-bond donors (Lipinski definition) is 2. The van der Waals surface area contributed by atoms with Crippen LogP contribution in [-0.4, -0.2) is 29.8 Å². The number of hydrogen-bond acceptors (Lipinski definition) is 6. The summed E-state index contributed by atoms with van der Waals surface area (Å²) in [5.74, 6) is 0.458. The number of aromatic nitrogens is 3. The minimum Gasteiger partial charge on any atom is -0.475 e. The van der Waals surface area contributed by atoms with Gasteiger partial charge in [0.05, 0.1) is 5.54 Å². The summed E-state index contributed by atoms with van der Waals surface area (Å²) in [6, 6.07) is 9.35. The first-order valence-corrected chi connectivity index (χ1v) is 11.3. The molecule has 1 aliphatic carbocycles. The first-order chi connectivity index (χ1) is 14.1. The van der Waals surface area contributed by atoms with E-state index in [1.807, 2.05) is 26.0 Å². The predicted octanol–water partition coefficient (Wildman–Crippen LogP) is 2.48. The second kappa shape index (κ2) is 7.41. The SMILES string of the molecule is CC(C)(COc1cc(-c2ccc3c(c2N)CCC3)ccn1)n1ccc(S(N)(=O)=O)n1. The van der Waals surface area contributed by atoms with Crippen LogP contribution in [0.4, 0.5) is 5.69 Å². The number of sulfonamides is 1. The summed E-state index contributed by atoms with van der Waals surface area (Å²) in [6.45, 7) is 4.00. The number of aryl methyl sites for hydroxylation is 1. The van der Waals surface area contributed by atoms with E-state index >= 15 is 0 Å². The average Bonchev–Trinajstić information content (AvgIpc) is 3.37. The molecule has 1 aliphatic rings. The number of nitrogens with two attached hydrogens (primary N) is 2. The highest BCUT2D eigenvalue weighted by atomic mass is 32.2. The van der Waals surface area contributed by atoms with E-state index in [4.69, 9.17) is 15.6 Å². The molecule has 0 unspecified atom stereocenters. The number of nitrogen functional groups attached to an aromatic ring is 1. The fraction of sp³-hybridized carbons (Fsp3) is 0.333. The van der Waals surface area contributed by atoms with E-state index in [-0.39, 0.29) is 11.6 Å². The van der Waals surface area contributed by atoms with Crippen LogP contribution in [-0.2, 0) is 28.4 Å². The zero-order valence-corrected chi connectivity index (χ0v) is 17.8. The number of ether oxygens (including phenoxy) is 1. The van der Waals surface area contributed by atoms with Crippen molar-refractivity contribution in [2.45, 2.75) is 43.7 Å². The van der Waals surface area contributed by atoms with Crippen molar-refractivity contribution >= 4 is 15.7 Å². The first kappa shape index (κ1) is 20.4. The van der Waals surface area contributed by atoms with Gasteiger partial charge in [-0.2, -0.15) is 5.10 Å². The maximum Gasteiger partial charge on any atom is 0.257 e. The van der Waals surface area contributed by atoms with E-state index < -0.39 is 15.6 Å². The van der Waals surface area contributed by atoms with Crippen molar-refractivity contribution in [3.63, 3.8) is 0 Å². The zero-order chi connectivity index (χ0) is 21.5. The maximum absolute atomic E-state index is 11.5. The minimum absolute atomic E-state index is 0.178. The molecule has 0 aliphatic heterocycles. The molecule has 3 aromatic rings. The standard InChI is InChI=1S/C21H25N5O3S/c1-21(2,26-11-9-19(25-26)30(23,27)28)13-29-18-12-15(8-10-24-18)17-7-6-14-4-3-5-16(14)20(17)22/h6-12H,3-5,13,22H2,1-2H3,(H2,23,27,28). The monoisotopic (exact) mass is 427 g/mol. The number of primary sulfonamides is 1. The molecule has 4 rings (SSSR count). The molecule has 1 aromatic carbocycles. The largest absolute Gasteiger partial charge is 0.475 e. The van der Waals surface area contributed by atoms with Crippen molar-refractivity contribution < 1.29 is 13.2 Å². The fourth-order valence-electron chi connectivity index (χ4n) is 3.72. The topological polar surface area (TPSA) is 126 Å². The lowest BCUT2D eigenvalue weighted by Gasteiger charge is -2.25. The summed E-state index contributed by atoms with van der Waals surface area (Å²) in [6.07, 6.45) is 6.50. The van der Waals surface area contributed by atoms with Crippen LogP contribution in [0, 0.1) is 0 Å². The molecule has 0 saturated carbocycles. The Kier molecular flexibility index (Phi) is 5.03. The van der Waals surface area contributed by atoms with Crippen LogP contribution < -0.4 is 15.6 Å². The van der Waals surface area contributed by atoms with E-state index in [1.165, 1.54) is 21.9 Å². The van der Waals surface area contributed by atoms with Gasteiger partial charge in [0.1, 0.15) is 6.61 Å². The van der Waals surface area contributed by atoms with E-state index in [2.05, 4.69) is 22.2 Å². The second-order valence-electron chi connectivity index (χ2n) is 8.15. The van der Waals surface area contributed by atoms with E-state index in [0.717, 1.165) is 36.1 Å². The Morgan fingerprint density at radius 1 is 1.20 bits per heavy atom. The van der Waals surface area contributed by atoms with Gasteiger partial charge >= 0.3 is 0 Å². The van der Waals surface area contributed by atoms with Crippen LogP contribution in [0.2, 0.25) is 0 Å².